The van der Waals surface area contributed by atoms with Crippen molar-refractivity contribution >= 4 is 15.7 Å². The minimum atomic E-state index is -3.25. The number of hydrogen-bond acceptors (Lipinski definition) is 5. The fraction of sp³-hybridized carbons (Fsp3) is 0.647. The first-order valence-corrected chi connectivity index (χ1v) is 10.3. The van der Waals surface area contributed by atoms with E-state index in [1.807, 2.05) is 18.2 Å². The molecule has 3 aliphatic heterocycles. The Labute approximate surface area is 143 Å². The maximum Gasteiger partial charge on any atom is 0.218 e. The molecular weight excluding hydrogens is 326 g/mol. The molecule has 2 unspecified atom stereocenters. The summed E-state index contributed by atoms with van der Waals surface area (Å²) in [6, 6.07) is 5.77. The molecule has 4 rings (SSSR count). The van der Waals surface area contributed by atoms with Gasteiger partial charge in [0, 0.05) is 25.3 Å². The Hall–Kier alpha value is -1.15. The monoisotopic (exact) mass is 351 g/mol. The molecule has 24 heavy (non-hydrogen) atoms. The van der Waals surface area contributed by atoms with E-state index in [1.165, 1.54) is 0 Å². The van der Waals surface area contributed by atoms with E-state index in [-0.39, 0.29) is 11.2 Å². The Balaban J connectivity index is 1.64. The van der Waals surface area contributed by atoms with Gasteiger partial charge in [0.05, 0.1) is 11.2 Å². The number of aliphatic hydroxyl groups is 1. The van der Waals surface area contributed by atoms with E-state index in [2.05, 4.69) is 17.3 Å². The summed E-state index contributed by atoms with van der Waals surface area (Å²) in [5.41, 5.74) is 2.48. The molecule has 0 aromatic heterocycles. The maximum absolute atomic E-state index is 12.6. The van der Waals surface area contributed by atoms with Crippen molar-refractivity contribution in [3.8, 4) is 0 Å². The van der Waals surface area contributed by atoms with Crippen LogP contribution in [0.2, 0.25) is 0 Å². The Morgan fingerprint density at radius 3 is 2.71 bits per heavy atom. The van der Waals surface area contributed by atoms with Crippen molar-refractivity contribution in [1.29, 1.82) is 0 Å². The second kappa shape index (κ2) is 5.69. The fourth-order valence-electron chi connectivity index (χ4n) is 4.39. The molecule has 1 aromatic rings. The van der Waals surface area contributed by atoms with Gasteiger partial charge in [-0.1, -0.05) is 12.1 Å². The number of anilines is 1. The van der Waals surface area contributed by atoms with Gasteiger partial charge in [-0.25, -0.2) is 12.7 Å². The predicted octanol–water partition coefficient (Wildman–Crippen LogP) is 0.929. The van der Waals surface area contributed by atoms with Crippen LogP contribution in [-0.4, -0.2) is 62.2 Å². The quantitative estimate of drug-likeness (QED) is 0.848. The molecule has 2 N–H and O–H groups in total. The Bertz CT molecular complexity index is 745. The van der Waals surface area contributed by atoms with Gasteiger partial charge in [0.1, 0.15) is 6.23 Å². The van der Waals surface area contributed by atoms with Crippen molar-refractivity contribution in [3.05, 3.63) is 29.3 Å². The standard InChI is InChI=1S/C17H25N3O3S/c1-19-9-6-17(12-19)14-10-13(4-5-15(14)18-16(17)21)11-24(22,23)20-7-2-3-8-20/h4-5,10,16,18,21H,2-3,6-9,11-12H2,1H3. The average Bonchev–Trinajstić information content (AvgIpc) is 3.23. The van der Waals surface area contributed by atoms with E-state index in [9.17, 15) is 13.5 Å². The molecule has 7 heteroatoms. The molecule has 0 saturated carbocycles. The topological polar surface area (TPSA) is 72.9 Å². The van der Waals surface area contributed by atoms with E-state index in [0.29, 0.717) is 13.1 Å². The van der Waals surface area contributed by atoms with Crippen LogP contribution in [0.5, 0.6) is 0 Å². The number of benzene rings is 1. The fourth-order valence-corrected chi connectivity index (χ4v) is 5.99. The molecule has 1 aromatic carbocycles. The van der Waals surface area contributed by atoms with Crippen molar-refractivity contribution in [2.45, 2.75) is 36.7 Å². The third-order valence-corrected chi connectivity index (χ3v) is 7.59. The third-order valence-electron chi connectivity index (χ3n) is 5.74. The van der Waals surface area contributed by atoms with Gasteiger partial charge in [0.25, 0.3) is 0 Å². The van der Waals surface area contributed by atoms with Gasteiger partial charge in [-0.3, -0.25) is 0 Å². The van der Waals surface area contributed by atoms with Gasteiger partial charge in [-0.2, -0.15) is 0 Å². The lowest BCUT2D eigenvalue weighted by atomic mass is 9.79. The summed E-state index contributed by atoms with van der Waals surface area (Å²) < 4.78 is 26.8. The molecule has 2 atom stereocenters. The van der Waals surface area contributed by atoms with Crippen LogP contribution in [0.4, 0.5) is 5.69 Å². The zero-order valence-corrected chi connectivity index (χ0v) is 14.8. The Morgan fingerprint density at radius 1 is 1.29 bits per heavy atom. The number of hydrogen-bond donors (Lipinski definition) is 2. The van der Waals surface area contributed by atoms with Crippen molar-refractivity contribution < 1.29 is 13.5 Å². The Morgan fingerprint density at radius 2 is 2.04 bits per heavy atom. The second-order valence-electron chi connectivity index (χ2n) is 7.43. The number of aliphatic hydroxyl groups excluding tert-OH is 1. The molecule has 2 fully saturated rings. The van der Waals surface area contributed by atoms with Crippen LogP contribution in [0.15, 0.2) is 18.2 Å². The molecule has 3 heterocycles. The van der Waals surface area contributed by atoms with Crippen LogP contribution in [0.1, 0.15) is 30.4 Å². The van der Waals surface area contributed by atoms with Gasteiger partial charge in [0.2, 0.25) is 10.0 Å². The molecule has 0 aliphatic carbocycles. The first-order valence-electron chi connectivity index (χ1n) is 8.65. The summed E-state index contributed by atoms with van der Waals surface area (Å²) in [5, 5.41) is 13.7. The highest BCUT2D eigenvalue weighted by atomic mass is 32.2. The smallest absolute Gasteiger partial charge is 0.218 e. The van der Waals surface area contributed by atoms with Gasteiger partial charge < -0.3 is 15.3 Å². The molecule has 6 nitrogen and oxygen atoms in total. The lowest BCUT2D eigenvalue weighted by molar-refractivity contribution is 0.120. The van der Waals surface area contributed by atoms with Crippen LogP contribution >= 0.6 is 0 Å². The molecule has 1 spiro atoms. The highest BCUT2D eigenvalue weighted by Gasteiger charge is 2.50. The van der Waals surface area contributed by atoms with Gasteiger partial charge >= 0.3 is 0 Å². The molecular formula is C17H25N3O3S. The molecule has 0 bridgehead atoms. The highest BCUT2D eigenvalue weighted by Crippen LogP contribution is 2.46. The highest BCUT2D eigenvalue weighted by molar-refractivity contribution is 7.88. The summed E-state index contributed by atoms with van der Waals surface area (Å²) in [5.74, 6) is 0.0439. The lowest BCUT2D eigenvalue weighted by Crippen LogP contribution is -2.40. The Kier molecular flexibility index (Phi) is 3.87. The normalized spacial score (nSPS) is 30.8. The second-order valence-corrected chi connectivity index (χ2v) is 9.40. The number of nitrogens with zero attached hydrogens (tertiary/aromatic N) is 2. The summed E-state index contributed by atoms with van der Waals surface area (Å²) >= 11 is 0. The van der Waals surface area contributed by atoms with E-state index < -0.39 is 16.3 Å². The maximum atomic E-state index is 12.6. The van der Waals surface area contributed by atoms with E-state index >= 15 is 0 Å². The largest absolute Gasteiger partial charge is 0.373 e. The average molecular weight is 351 g/mol. The van der Waals surface area contributed by atoms with Crippen LogP contribution in [0, 0.1) is 0 Å². The first kappa shape index (κ1) is 16.3. The summed E-state index contributed by atoms with van der Waals surface area (Å²) in [6.45, 7) is 3.01. The predicted molar refractivity (Wildman–Crippen MR) is 93.3 cm³/mol. The summed E-state index contributed by atoms with van der Waals surface area (Å²) in [6.07, 6.45) is 2.18. The number of rotatable bonds is 3. The van der Waals surface area contributed by atoms with Crippen LogP contribution in [0.3, 0.4) is 0 Å². The number of likely N-dealkylation sites (N-methyl/N-ethyl adjacent to an activating group) is 1. The van der Waals surface area contributed by atoms with E-state index in [1.54, 1.807) is 4.31 Å². The van der Waals surface area contributed by atoms with Gasteiger partial charge in [-0.15, -0.1) is 0 Å². The van der Waals surface area contributed by atoms with Crippen molar-refractivity contribution in [3.63, 3.8) is 0 Å². The summed E-state index contributed by atoms with van der Waals surface area (Å²) in [7, 11) is -1.19. The first-order chi connectivity index (χ1) is 11.4. The number of nitrogens with one attached hydrogen (secondary N) is 1. The molecule has 132 valence electrons. The third kappa shape index (κ3) is 2.54. The minimum absolute atomic E-state index is 0.0439. The lowest BCUT2D eigenvalue weighted by Gasteiger charge is -2.28. The van der Waals surface area contributed by atoms with Crippen molar-refractivity contribution in [1.82, 2.24) is 9.21 Å². The SMILES string of the molecule is CN1CCC2(C1)c1cc(CS(=O)(=O)N3CCCC3)ccc1NC2O. The number of likely N-dealkylation sites (tertiary alicyclic amines) is 1. The van der Waals surface area contributed by atoms with Crippen LogP contribution in [-0.2, 0) is 21.2 Å². The summed E-state index contributed by atoms with van der Waals surface area (Å²) in [4.78, 5) is 2.22. The van der Waals surface area contributed by atoms with Gasteiger partial charge in [-0.05, 0) is 50.0 Å². The van der Waals surface area contributed by atoms with Crippen molar-refractivity contribution in [2.75, 3.05) is 38.5 Å². The molecule has 0 radical (unpaired) electrons. The van der Waals surface area contributed by atoms with E-state index in [4.69, 9.17) is 0 Å². The molecule has 2 saturated heterocycles. The van der Waals surface area contributed by atoms with Crippen LogP contribution in [0.25, 0.3) is 0 Å². The number of sulfonamides is 1. The van der Waals surface area contributed by atoms with E-state index in [0.717, 1.165) is 49.2 Å². The van der Waals surface area contributed by atoms with Crippen LogP contribution < -0.4 is 5.32 Å². The van der Waals surface area contributed by atoms with Crippen molar-refractivity contribution in [2.24, 2.45) is 0 Å². The minimum Gasteiger partial charge on any atom is -0.373 e. The zero-order valence-electron chi connectivity index (χ0n) is 14.0. The number of fused-ring (bicyclic) bond motifs is 2. The van der Waals surface area contributed by atoms with Gasteiger partial charge in [0.15, 0.2) is 0 Å². The zero-order chi connectivity index (χ0) is 16.9. The molecule has 3 aliphatic rings. The molecule has 0 amide bonds.